The molecule has 0 saturated heterocycles. The summed E-state index contributed by atoms with van der Waals surface area (Å²) in [6.45, 7) is 3.55. The normalized spacial score (nSPS) is 10.6. The van der Waals surface area contributed by atoms with Crippen LogP contribution in [0.15, 0.2) is 36.4 Å². The molecule has 2 amide bonds. The molecule has 0 bridgehead atoms. The SMILES string of the molecule is CC(C)C(=O)Nc1cccc(NC(=O)C=CC(=O)O)c1. The van der Waals surface area contributed by atoms with Crippen LogP contribution in [-0.2, 0) is 14.4 Å². The van der Waals surface area contributed by atoms with E-state index in [-0.39, 0.29) is 11.8 Å². The topological polar surface area (TPSA) is 95.5 Å². The summed E-state index contributed by atoms with van der Waals surface area (Å²) in [4.78, 5) is 33.2. The fourth-order valence-corrected chi connectivity index (χ4v) is 1.29. The number of anilines is 2. The molecule has 0 saturated carbocycles. The van der Waals surface area contributed by atoms with E-state index in [1.165, 1.54) is 0 Å². The molecule has 1 rings (SSSR count). The molecule has 0 aliphatic rings. The van der Waals surface area contributed by atoms with Gasteiger partial charge in [-0.3, -0.25) is 9.59 Å². The molecule has 0 aliphatic heterocycles. The Hall–Kier alpha value is -2.63. The Kier molecular flexibility index (Phi) is 5.46. The van der Waals surface area contributed by atoms with Crippen LogP contribution in [0.4, 0.5) is 11.4 Å². The Labute approximate surface area is 116 Å². The lowest BCUT2D eigenvalue weighted by Crippen LogP contribution is -2.18. The zero-order chi connectivity index (χ0) is 15.1. The standard InChI is InChI=1S/C14H16N2O4/c1-9(2)14(20)16-11-5-3-4-10(8-11)15-12(17)6-7-13(18)19/h3-9H,1-2H3,(H,15,17)(H,16,20)(H,18,19). The predicted molar refractivity (Wildman–Crippen MR) is 75.3 cm³/mol. The van der Waals surface area contributed by atoms with E-state index < -0.39 is 11.9 Å². The van der Waals surface area contributed by atoms with Crippen molar-refractivity contribution in [3.63, 3.8) is 0 Å². The van der Waals surface area contributed by atoms with Crippen molar-refractivity contribution < 1.29 is 19.5 Å². The van der Waals surface area contributed by atoms with Gasteiger partial charge in [-0.2, -0.15) is 0 Å². The van der Waals surface area contributed by atoms with Gasteiger partial charge in [-0.25, -0.2) is 4.79 Å². The van der Waals surface area contributed by atoms with Crippen LogP contribution in [0.3, 0.4) is 0 Å². The van der Waals surface area contributed by atoms with Gasteiger partial charge in [0.2, 0.25) is 11.8 Å². The number of carbonyl (C=O) groups excluding carboxylic acids is 2. The van der Waals surface area contributed by atoms with E-state index in [9.17, 15) is 14.4 Å². The van der Waals surface area contributed by atoms with Crippen molar-refractivity contribution >= 4 is 29.2 Å². The zero-order valence-electron chi connectivity index (χ0n) is 11.2. The largest absolute Gasteiger partial charge is 0.478 e. The number of amides is 2. The minimum atomic E-state index is -1.20. The van der Waals surface area contributed by atoms with Crippen molar-refractivity contribution in [2.75, 3.05) is 10.6 Å². The van der Waals surface area contributed by atoms with Gasteiger partial charge in [0, 0.05) is 29.4 Å². The first-order valence-electron chi connectivity index (χ1n) is 6.01. The Balaban J connectivity index is 2.71. The summed E-state index contributed by atoms with van der Waals surface area (Å²) < 4.78 is 0. The first-order valence-corrected chi connectivity index (χ1v) is 6.01. The Bertz CT molecular complexity index is 550. The van der Waals surface area contributed by atoms with Crippen LogP contribution < -0.4 is 10.6 Å². The second kappa shape index (κ2) is 7.08. The van der Waals surface area contributed by atoms with Gasteiger partial charge >= 0.3 is 5.97 Å². The molecule has 0 spiro atoms. The molecule has 0 aliphatic carbocycles. The van der Waals surface area contributed by atoms with Crippen LogP contribution in [0.1, 0.15) is 13.8 Å². The third-order valence-corrected chi connectivity index (χ3v) is 2.30. The van der Waals surface area contributed by atoms with Crippen molar-refractivity contribution in [3.05, 3.63) is 36.4 Å². The molecule has 20 heavy (non-hydrogen) atoms. The van der Waals surface area contributed by atoms with Gasteiger partial charge in [0.15, 0.2) is 0 Å². The van der Waals surface area contributed by atoms with E-state index >= 15 is 0 Å². The highest BCUT2D eigenvalue weighted by molar-refractivity contribution is 6.02. The average Bonchev–Trinajstić information content (AvgIpc) is 2.36. The van der Waals surface area contributed by atoms with E-state index in [0.717, 1.165) is 12.2 Å². The maximum atomic E-state index is 11.5. The van der Waals surface area contributed by atoms with Gasteiger partial charge in [-0.15, -0.1) is 0 Å². The van der Waals surface area contributed by atoms with Gasteiger partial charge in [0.1, 0.15) is 0 Å². The summed E-state index contributed by atoms with van der Waals surface area (Å²) >= 11 is 0. The van der Waals surface area contributed by atoms with Gasteiger partial charge in [-0.1, -0.05) is 19.9 Å². The van der Waals surface area contributed by atoms with E-state index in [0.29, 0.717) is 11.4 Å². The Morgan fingerprint density at radius 3 is 2.25 bits per heavy atom. The zero-order valence-corrected chi connectivity index (χ0v) is 11.2. The number of nitrogens with one attached hydrogen (secondary N) is 2. The third kappa shape index (κ3) is 5.34. The molecular weight excluding hydrogens is 260 g/mol. The number of hydrogen-bond donors (Lipinski definition) is 3. The monoisotopic (exact) mass is 276 g/mol. The summed E-state index contributed by atoms with van der Waals surface area (Å²) in [5.41, 5.74) is 1.02. The second-order valence-electron chi connectivity index (χ2n) is 4.39. The van der Waals surface area contributed by atoms with Gasteiger partial charge in [0.05, 0.1) is 0 Å². The van der Waals surface area contributed by atoms with Crippen LogP contribution in [0.5, 0.6) is 0 Å². The van der Waals surface area contributed by atoms with Gasteiger partial charge in [-0.05, 0) is 18.2 Å². The van der Waals surface area contributed by atoms with Gasteiger partial charge in [0.25, 0.3) is 0 Å². The number of rotatable bonds is 5. The molecule has 0 unspecified atom stereocenters. The smallest absolute Gasteiger partial charge is 0.328 e. The number of aliphatic carboxylic acids is 1. The summed E-state index contributed by atoms with van der Waals surface area (Å²) in [5, 5.41) is 13.6. The first-order chi connectivity index (χ1) is 9.38. The van der Waals surface area contributed by atoms with Gasteiger partial charge < -0.3 is 15.7 Å². The fraction of sp³-hybridized carbons (Fsp3) is 0.214. The summed E-state index contributed by atoms with van der Waals surface area (Å²) in [6.07, 6.45) is 1.67. The van der Waals surface area contributed by atoms with Crippen LogP contribution in [0.2, 0.25) is 0 Å². The number of benzene rings is 1. The van der Waals surface area contributed by atoms with E-state index in [1.54, 1.807) is 38.1 Å². The van der Waals surface area contributed by atoms with E-state index in [4.69, 9.17) is 5.11 Å². The molecule has 0 aromatic heterocycles. The molecule has 0 atom stereocenters. The Morgan fingerprint density at radius 2 is 1.70 bits per heavy atom. The first kappa shape index (κ1) is 15.4. The fourth-order valence-electron chi connectivity index (χ4n) is 1.29. The average molecular weight is 276 g/mol. The molecule has 0 heterocycles. The minimum absolute atomic E-state index is 0.126. The molecule has 0 fully saturated rings. The minimum Gasteiger partial charge on any atom is -0.478 e. The quantitative estimate of drug-likeness (QED) is 0.715. The van der Waals surface area contributed by atoms with Crippen molar-refractivity contribution in [3.8, 4) is 0 Å². The molecular formula is C14H16N2O4. The lowest BCUT2D eigenvalue weighted by molar-refractivity contribution is -0.131. The highest BCUT2D eigenvalue weighted by atomic mass is 16.4. The second-order valence-corrected chi connectivity index (χ2v) is 4.39. The van der Waals surface area contributed by atoms with Crippen molar-refractivity contribution in [2.24, 2.45) is 5.92 Å². The molecule has 1 aromatic rings. The molecule has 6 heteroatoms. The number of carboxylic acid groups (broad SMARTS) is 1. The van der Waals surface area contributed by atoms with Crippen molar-refractivity contribution in [2.45, 2.75) is 13.8 Å². The van der Waals surface area contributed by atoms with Crippen LogP contribution in [0, 0.1) is 5.92 Å². The number of carbonyl (C=O) groups is 3. The summed E-state index contributed by atoms with van der Waals surface area (Å²) in [5.74, 6) is -2.02. The third-order valence-electron chi connectivity index (χ3n) is 2.30. The molecule has 3 N–H and O–H groups in total. The van der Waals surface area contributed by atoms with E-state index in [1.807, 2.05) is 0 Å². The van der Waals surface area contributed by atoms with E-state index in [2.05, 4.69) is 10.6 Å². The maximum Gasteiger partial charge on any atom is 0.328 e. The molecule has 0 radical (unpaired) electrons. The molecule has 106 valence electrons. The lowest BCUT2D eigenvalue weighted by atomic mass is 10.2. The maximum absolute atomic E-state index is 11.5. The predicted octanol–water partition coefficient (Wildman–Crippen LogP) is 1.86. The van der Waals surface area contributed by atoms with Crippen molar-refractivity contribution in [1.29, 1.82) is 0 Å². The summed E-state index contributed by atoms with van der Waals surface area (Å²) in [7, 11) is 0. The molecule has 1 aromatic carbocycles. The lowest BCUT2D eigenvalue weighted by Gasteiger charge is -2.09. The number of hydrogen-bond acceptors (Lipinski definition) is 3. The van der Waals surface area contributed by atoms with Crippen LogP contribution in [-0.4, -0.2) is 22.9 Å². The van der Waals surface area contributed by atoms with Crippen molar-refractivity contribution in [1.82, 2.24) is 0 Å². The molecule has 6 nitrogen and oxygen atoms in total. The van der Waals surface area contributed by atoms with Crippen LogP contribution in [0.25, 0.3) is 0 Å². The number of carboxylic acids is 1. The highest BCUT2D eigenvalue weighted by Gasteiger charge is 2.07. The highest BCUT2D eigenvalue weighted by Crippen LogP contribution is 2.15. The van der Waals surface area contributed by atoms with Crippen LogP contribution >= 0.6 is 0 Å². The Morgan fingerprint density at radius 1 is 1.10 bits per heavy atom. The summed E-state index contributed by atoms with van der Waals surface area (Å²) in [6, 6.07) is 6.60.